The van der Waals surface area contributed by atoms with E-state index in [1.807, 2.05) is 0 Å². The number of rotatable bonds is 1. The summed E-state index contributed by atoms with van der Waals surface area (Å²) in [5.41, 5.74) is 5.90. The molecule has 10 heavy (non-hydrogen) atoms. The van der Waals surface area contributed by atoms with Crippen molar-refractivity contribution in [2.24, 2.45) is 5.73 Å². The smallest absolute Gasteiger partial charge is 0.125 e. The lowest BCUT2D eigenvalue weighted by molar-refractivity contribution is 0.627. The first-order chi connectivity index (χ1) is 4.74. The van der Waals surface area contributed by atoms with Crippen LogP contribution in [-0.4, -0.2) is 0 Å². The average Bonchev–Trinajstić information content (AvgIpc) is 1.88. The van der Waals surface area contributed by atoms with Gasteiger partial charge in [0.05, 0.1) is 0 Å². The number of hydrogen-bond donors (Lipinski definition) is 1. The Morgan fingerprint density at radius 3 is 2.90 bits per heavy atom. The molecule has 0 saturated carbocycles. The van der Waals surface area contributed by atoms with E-state index in [4.69, 9.17) is 17.3 Å². The molecule has 53 valence electrons. The molecule has 3 heteroatoms. The van der Waals surface area contributed by atoms with Gasteiger partial charge < -0.3 is 5.73 Å². The molecule has 1 aromatic carbocycles. The second-order valence-electron chi connectivity index (χ2n) is 1.85. The Balaban J connectivity index is 3.07. The molecule has 2 N–H and O–H groups in total. The molecule has 0 aliphatic rings. The quantitative estimate of drug-likeness (QED) is 0.662. The highest BCUT2D eigenvalue weighted by molar-refractivity contribution is 6.31. The van der Waals surface area contributed by atoms with Crippen LogP contribution < -0.4 is 5.73 Å². The van der Waals surface area contributed by atoms with E-state index in [1.165, 1.54) is 12.1 Å². The van der Waals surface area contributed by atoms with Crippen LogP contribution in [0, 0.1) is 11.9 Å². The molecular weight excluding hydrogens is 153 g/mol. The van der Waals surface area contributed by atoms with Crippen molar-refractivity contribution in [2.45, 2.75) is 6.54 Å². The van der Waals surface area contributed by atoms with Gasteiger partial charge in [0, 0.05) is 11.6 Å². The maximum atomic E-state index is 12.3. The van der Waals surface area contributed by atoms with E-state index in [1.54, 1.807) is 0 Å². The molecule has 0 unspecified atom stereocenters. The molecule has 1 nitrogen and oxygen atoms in total. The molecule has 0 bridgehead atoms. The van der Waals surface area contributed by atoms with Crippen molar-refractivity contribution in [3.8, 4) is 0 Å². The zero-order valence-corrected chi connectivity index (χ0v) is 5.95. The fourth-order valence-corrected chi connectivity index (χ4v) is 0.867. The largest absolute Gasteiger partial charge is 0.326 e. The van der Waals surface area contributed by atoms with Gasteiger partial charge in [0.2, 0.25) is 0 Å². The minimum absolute atomic E-state index is 0.291. The minimum atomic E-state index is -0.387. The molecule has 0 spiro atoms. The highest BCUT2D eigenvalue weighted by Crippen LogP contribution is 2.15. The number of hydrogen-bond acceptors (Lipinski definition) is 1. The average molecular weight is 159 g/mol. The van der Waals surface area contributed by atoms with Crippen molar-refractivity contribution < 1.29 is 4.39 Å². The van der Waals surface area contributed by atoms with Crippen molar-refractivity contribution >= 4 is 11.6 Å². The third-order valence-electron chi connectivity index (χ3n) is 1.14. The summed E-state index contributed by atoms with van der Waals surface area (Å²) in [6, 6.07) is 5.06. The molecule has 0 aromatic heterocycles. The lowest BCUT2D eigenvalue weighted by Crippen LogP contribution is -1.97. The maximum Gasteiger partial charge on any atom is 0.125 e. The fraction of sp³-hybridized carbons (Fsp3) is 0.143. The van der Waals surface area contributed by atoms with Crippen LogP contribution in [-0.2, 0) is 6.54 Å². The first kappa shape index (κ1) is 7.51. The van der Waals surface area contributed by atoms with Crippen LogP contribution in [0.5, 0.6) is 0 Å². The number of benzene rings is 1. The first-order valence-corrected chi connectivity index (χ1v) is 3.17. The Hall–Kier alpha value is -0.600. The van der Waals surface area contributed by atoms with Crippen LogP contribution in [0.2, 0.25) is 5.02 Å². The summed E-state index contributed by atoms with van der Waals surface area (Å²) in [7, 11) is 0. The van der Waals surface area contributed by atoms with E-state index < -0.39 is 0 Å². The Labute approximate surface area is 63.6 Å². The Morgan fingerprint density at radius 1 is 1.70 bits per heavy atom. The maximum absolute atomic E-state index is 12.3. The topological polar surface area (TPSA) is 26.0 Å². The summed E-state index contributed by atoms with van der Waals surface area (Å²) >= 11 is 5.58. The molecule has 1 radical (unpaired) electrons. The summed E-state index contributed by atoms with van der Waals surface area (Å²) < 4.78 is 12.3. The fourth-order valence-electron chi connectivity index (χ4n) is 0.631. The Morgan fingerprint density at radius 2 is 2.40 bits per heavy atom. The summed E-state index contributed by atoms with van der Waals surface area (Å²) in [6.07, 6.45) is 0. The molecule has 0 saturated heterocycles. The lowest BCUT2D eigenvalue weighted by atomic mass is 10.2. The molecule has 1 rings (SSSR count). The van der Waals surface area contributed by atoms with Gasteiger partial charge in [0.1, 0.15) is 5.82 Å². The van der Waals surface area contributed by atoms with Crippen molar-refractivity contribution in [2.75, 3.05) is 0 Å². The van der Waals surface area contributed by atoms with E-state index in [0.717, 1.165) is 0 Å². The SMILES string of the molecule is NCc1[c]cc(F)cc1Cl. The van der Waals surface area contributed by atoms with Crippen LogP contribution in [0.4, 0.5) is 4.39 Å². The minimum Gasteiger partial charge on any atom is -0.326 e. The number of halogens is 2. The molecule has 0 aliphatic heterocycles. The normalized spacial score (nSPS) is 9.90. The predicted molar refractivity (Wildman–Crippen MR) is 38.1 cm³/mol. The van der Waals surface area contributed by atoms with E-state index in [0.29, 0.717) is 17.1 Å². The van der Waals surface area contributed by atoms with Gasteiger partial charge >= 0.3 is 0 Å². The van der Waals surface area contributed by atoms with Gasteiger partial charge in [0.15, 0.2) is 0 Å². The molecular formula is C7H6ClFN. The van der Waals surface area contributed by atoms with Gasteiger partial charge in [-0.15, -0.1) is 0 Å². The second kappa shape index (κ2) is 2.99. The first-order valence-electron chi connectivity index (χ1n) is 2.79. The molecule has 0 heterocycles. The third-order valence-corrected chi connectivity index (χ3v) is 1.48. The van der Waals surface area contributed by atoms with Gasteiger partial charge in [0.25, 0.3) is 0 Å². The van der Waals surface area contributed by atoms with Crippen LogP contribution in [0.15, 0.2) is 12.1 Å². The van der Waals surface area contributed by atoms with E-state index in [9.17, 15) is 4.39 Å². The second-order valence-corrected chi connectivity index (χ2v) is 2.26. The molecule has 0 amide bonds. The van der Waals surface area contributed by atoms with Gasteiger partial charge in [-0.3, -0.25) is 0 Å². The Kier molecular flexibility index (Phi) is 2.25. The van der Waals surface area contributed by atoms with Gasteiger partial charge in [-0.1, -0.05) is 11.6 Å². The lowest BCUT2D eigenvalue weighted by Gasteiger charge is -1.97. The highest BCUT2D eigenvalue weighted by atomic mass is 35.5. The zero-order chi connectivity index (χ0) is 7.56. The van der Waals surface area contributed by atoms with Crippen LogP contribution >= 0.6 is 11.6 Å². The summed E-state index contributed by atoms with van der Waals surface area (Å²) in [5.74, 6) is -0.387. The summed E-state index contributed by atoms with van der Waals surface area (Å²) in [5, 5.41) is 0.336. The van der Waals surface area contributed by atoms with Crippen LogP contribution in [0.3, 0.4) is 0 Å². The van der Waals surface area contributed by atoms with Crippen molar-refractivity contribution in [3.63, 3.8) is 0 Å². The van der Waals surface area contributed by atoms with Gasteiger partial charge in [-0.05, 0) is 23.8 Å². The van der Waals surface area contributed by atoms with Gasteiger partial charge in [-0.25, -0.2) is 4.39 Å². The third kappa shape index (κ3) is 1.46. The molecule has 1 aromatic rings. The van der Waals surface area contributed by atoms with Crippen molar-refractivity contribution in [3.05, 3.63) is 34.6 Å². The monoisotopic (exact) mass is 158 g/mol. The van der Waals surface area contributed by atoms with Crippen molar-refractivity contribution in [1.82, 2.24) is 0 Å². The highest BCUT2D eigenvalue weighted by Gasteiger charge is 1.98. The Bertz CT molecular complexity index is 237. The van der Waals surface area contributed by atoms with E-state index >= 15 is 0 Å². The van der Waals surface area contributed by atoms with E-state index in [-0.39, 0.29) is 5.82 Å². The summed E-state index contributed by atoms with van der Waals surface area (Å²) in [6.45, 7) is 0.291. The standard InChI is InChI=1S/C7H6ClFN/c8-7-3-6(9)2-1-5(7)4-10/h2-3H,4,10H2. The molecule has 0 aliphatic carbocycles. The predicted octanol–water partition coefficient (Wildman–Crippen LogP) is 1.74. The molecule has 0 fully saturated rings. The zero-order valence-electron chi connectivity index (χ0n) is 5.20. The van der Waals surface area contributed by atoms with Crippen LogP contribution in [0.1, 0.15) is 5.56 Å². The van der Waals surface area contributed by atoms with Gasteiger partial charge in [-0.2, -0.15) is 0 Å². The van der Waals surface area contributed by atoms with Crippen LogP contribution in [0.25, 0.3) is 0 Å². The molecule has 0 atom stereocenters. The van der Waals surface area contributed by atoms with E-state index in [2.05, 4.69) is 6.07 Å². The number of nitrogens with two attached hydrogens (primary N) is 1. The van der Waals surface area contributed by atoms with Crippen molar-refractivity contribution in [1.29, 1.82) is 0 Å². The summed E-state index contributed by atoms with van der Waals surface area (Å²) in [4.78, 5) is 0.